The summed E-state index contributed by atoms with van der Waals surface area (Å²) in [6.07, 6.45) is 5.59. The number of hydrogen-bond acceptors (Lipinski definition) is 6. The first-order chi connectivity index (χ1) is 10.7. The van der Waals surface area contributed by atoms with E-state index < -0.39 is 4.99 Å². The van der Waals surface area contributed by atoms with Crippen molar-refractivity contribution in [2.45, 2.75) is 4.99 Å². The number of hydrogen-bond donors (Lipinski definition) is 5. The summed E-state index contributed by atoms with van der Waals surface area (Å²) in [5.41, 5.74) is 9.20. The molecule has 1 atom stereocenters. The number of aliphatic imine (C=N–C) groups is 1. The number of thioether (sulfide) groups is 1. The second-order valence-corrected chi connectivity index (χ2v) is 6.08. The van der Waals surface area contributed by atoms with Crippen molar-refractivity contribution in [3.8, 4) is 0 Å². The zero-order valence-corrected chi connectivity index (χ0v) is 12.7. The third kappa shape index (κ3) is 2.04. The third-order valence-corrected chi connectivity index (χ3v) is 4.60. The summed E-state index contributed by atoms with van der Waals surface area (Å²) in [5, 5.41) is 14.5. The lowest BCUT2D eigenvalue weighted by molar-refractivity contribution is 0.696. The Morgan fingerprint density at radius 2 is 2.23 bits per heavy atom. The van der Waals surface area contributed by atoms with Crippen molar-refractivity contribution in [2.24, 2.45) is 10.7 Å². The zero-order valence-electron chi connectivity index (χ0n) is 11.8. The predicted octanol–water partition coefficient (Wildman–Crippen LogP) is 2.22. The number of aromatic nitrogens is 3. The molecule has 112 valence electrons. The highest BCUT2D eigenvalue weighted by Crippen LogP contribution is 2.37. The molecule has 1 unspecified atom stereocenters. The Morgan fingerprint density at radius 3 is 3.09 bits per heavy atom. The fourth-order valence-corrected chi connectivity index (χ4v) is 3.08. The molecule has 0 saturated heterocycles. The summed E-state index contributed by atoms with van der Waals surface area (Å²) in [4.78, 5) is 6.94. The lowest BCUT2D eigenvalue weighted by Crippen LogP contribution is -2.39. The lowest BCUT2D eigenvalue weighted by atomic mass is 10.2. The average Bonchev–Trinajstić information content (AvgIpc) is 3.15. The van der Waals surface area contributed by atoms with Crippen molar-refractivity contribution < 1.29 is 0 Å². The van der Waals surface area contributed by atoms with Gasteiger partial charge in [-0.15, -0.1) is 11.8 Å². The molecule has 3 aromatic rings. The lowest BCUT2D eigenvalue weighted by Gasteiger charge is -2.29. The molecule has 4 rings (SSSR count). The number of aromatic amines is 2. The van der Waals surface area contributed by atoms with Crippen LogP contribution in [0, 0.1) is 0 Å². The summed E-state index contributed by atoms with van der Waals surface area (Å²) in [6.45, 7) is 0. The van der Waals surface area contributed by atoms with E-state index in [2.05, 4.69) is 30.8 Å². The van der Waals surface area contributed by atoms with Crippen LogP contribution in [0.15, 0.2) is 41.7 Å². The molecule has 0 amide bonds. The summed E-state index contributed by atoms with van der Waals surface area (Å²) < 4.78 is 0. The fourth-order valence-electron chi connectivity index (χ4n) is 2.51. The van der Waals surface area contributed by atoms with E-state index in [1.54, 1.807) is 6.20 Å². The van der Waals surface area contributed by atoms with E-state index in [0.29, 0.717) is 5.96 Å². The van der Waals surface area contributed by atoms with Crippen LogP contribution in [-0.2, 0) is 4.99 Å². The number of nitrogens with two attached hydrogens (primary N) is 1. The summed E-state index contributed by atoms with van der Waals surface area (Å²) in [6, 6.07) is 7.89. The first-order valence-electron chi connectivity index (χ1n) is 6.77. The molecule has 22 heavy (non-hydrogen) atoms. The van der Waals surface area contributed by atoms with Crippen LogP contribution in [-0.4, -0.2) is 27.4 Å². The van der Waals surface area contributed by atoms with Crippen molar-refractivity contribution in [2.75, 3.05) is 16.9 Å². The largest absolute Gasteiger partial charge is 0.348 e. The normalized spacial score (nSPS) is 20.4. The molecular weight excluding hydrogens is 298 g/mol. The van der Waals surface area contributed by atoms with E-state index in [1.807, 2.05) is 36.7 Å². The first-order valence-corrected chi connectivity index (χ1v) is 7.99. The van der Waals surface area contributed by atoms with Gasteiger partial charge in [-0.3, -0.25) is 10.8 Å². The van der Waals surface area contributed by atoms with Crippen molar-refractivity contribution in [3.63, 3.8) is 0 Å². The van der Waals surface area contributed by atoms with Crippen LogP contribution >= 0.6 is 11.8 Å². The molecule has 1 aliphatic heterocycles. The highest BCUT2D eigenvalue weighted by atomic mass is 32.2. The number of fused-ring (bicyclic) bond motifs is 2. The quantitative estimate of drug-likeness (QED) is 0.466. The van der Waals surface area contributed by atoms with Gasteiger partial charge in [0.05, 0.1) is 11.7 Å². The zero-order chi connectivity index (χ0) is 15.2. The van der Waals surface area contributed by atoms with Crippen molar-refractivity contribution in [1.29, 1.82) is 0 Å². The van der Waals surface area contributed by atoms with Gasteiger partial charge in [0, 0.05) is 22.8 Å². The number of rotatable bonds is 2. The van der Waals surface area contributed by atoms with Crippen LogP contribution in [0.2, 0.25) is 0 Å². The molecule has 0 saturated carbocycles. The molecule has 2 aromatic heterocycles. The van der Waals surface area contributed by atoms with Crippen LogP contribution in [0.1, 0.15) is 5.56 Å². The van der Waals surface area contributed by atoms with Gasteiger partial charge in [0.25, 0.3) is 0 Å². The second-order valence-electron chi connectivity index (χ2n) is 5.05. The van der Waals surface area contributed by atoms with Crippen LogP contribution in [0.4, 0.5) is 11.5 Å². The molecule has 1 aromatic carbocycles. The predicted molar refractivity (Wildman–Crippen MR) is 90.9 cm³/mol. The third-order valence-electron chi connectivity index (χ3n) is 3.67. The number of anilines is 2. The maximum atomic E-state index is 6.39. The minimum Gasteiger partial charge on any atom is -0.348 e. The molecular formula is C14H15N7S. The SMILES string of the molecule is CSC1(N)N=C(Nc2ccc3cn[nH]c3c2)Nc2[nH]ccc21. The molecule has 0 radical (unpaired) electrons. The molecule has 1 aliphatic rings. The van der Waals surface area contributed by atoms with E-state index in [9.17, 15) is 0 Å². The van der Waals surface area contributed by atoms with Gasteiger partial charge in [-0.1, -0.05) is 0 Å². The Bertz CT molecular complexity index is 865. The van der Waals surface area contributed by atoms with Gasteiger partial charge in [0.15, 0.2) is 4.99 Å². The fraction of sp³-hybridized carbons (Fsp3) is 0.143. The highest BCUT2D eigenvalue weighted by molar-refractivity contribution is 7.99. The standard InChI is InChI=1S/C14H15N7S/c1-22-14(15)10-4-5-16-12(10)19-13(20-14)18-9-3-2-8-7-17-21-11(8)6-9/h2-7,16H,15H2,1H3,(H,17,21)(H2,18,19,20). The summed E-state index contributed by atoms with van der Waals surface area (Å²) in [5.74, 6) is 1.46. The molecule has 7 nitrogen and oxygen atoms in total. The van der Waals surface area contributed by atoms with Crippen LogP contribution in [0.3, 0.4) is 0 Å². The van der Waals surface area contributed by atoms with E-state index in [0.717, 1.165) is 28.0 Å². The van der Waals surface area contributed by atoms with E-state index in [4.69, 9.17) is 5.73 Å². The Labute approximate surface area is 130 Å². The van der Waals surface area contributed by atoms with Gasteiger partial charge in [0.1, 0.15) is 5.82 Å². The van der Waals surface area contributed by atoms with E-state index >= 15 is 0 Å². The van der Waals surface area contributed by atoms with Crippen LogP contribution in [0.5, 0.6) is 0 Å². The number of benzene rings is 1. The van der Waals surface area contributed by atoms with Gasteiger partial charge in [-0.2, -0.15) is 5.10 Å². The van der Waals surface area contributed by atoms with Crippen molar-refractivity contribution >= 4 is 40.1 Å². The topological polar surface area (TPSA) is 107 Å². The number of H-pyrrole nitrogens is 2. The van der Waals surface area contributed by atoms with E-state index in [-0.39, 0.29) is 0 Å². The number of nitrogens with one attached hydrogen (secondary N) is 4. The maximum Gasteiger partial charge on any atom is 0.204 e. The molecule has 0 spiro atoms. The monoisotopic (exact) mass is 313 g/mol. The molecule has 3 heterocycles. The highest BCUT2D eigenvalue weighted by Gasteiger charge is 2.33. The van der Waals surface area contributed by atoms with Gasteiger partial charge in [-0.05, 0) is 30.5 Å². The first kappa shape index (κ1) is 13.2. The van der Waals surface area contributed by atoms with Gasteiger partial charge in [-0.25, -0.2) is 4.99 Å². The van der Waals surface area contributed by atoms with Crippen molar-refractivity contribution in [1.82, 2.24) is 15.2 Å². The second kappa shape index (κ2) is 4.79. The Kier molecular flexibility index (Phi) is 2.88. The van der Waals surface area contributed by atoms with Gasteiger partial charge < -0.3 is 15.6 Å². The Balaban J connectivity index is 1.67. The van der Waals surface area contributed by atoms with Crippen LogP contribution in [0.25, 0.3) is 10.9 Å². The van der Waals surface area contributed by atoms with Crippen molar-refractivity contribution in [3.05, 3.63) is 42.2 Å². The maximum absolute atomic E-state index is 6.39. The molecule has 8 heteroatoms. The Morgan fingerprint density at radius 1 is 1.32 bits per heavy atom. The summed E-state index contributed by atoms with van der Waals surface area (Å²) in [7, 11) is 0. The van der Waals surface area contributed by atoms with Gasteiger partial charge >= 0.3 is 0 Å². The number of nitrogens with zero attached hydrogens (tertiary/aromatic N) is 2. The van der Waals surface area contributed by atoms with Gasteiger partial charge in [0.2, 0.25) is 5.96 Å². The molecule has 0 aliphatic carbocycles. The smallest absolute Gasteiger partial charge is 0.204 e. The molecule has 0 bridgehead atoms. The average molecular weight is 313 g/mol. The summed E-state index contributed by atoms with van der Waals surface area (Å²) >= 11 is 1.49. The minimum atomic E-state index is -0.805. The minimum absolute atomic E-state index is 0.602. The number of guanidine groups is 1. The Hall–Kier alpha value is -2.45. The van der Waals surface area contributed by atoms with Crippen LogP contribution < -0.4 is 16.4 Å². The molecule has 6 N–H and O–H groups in total. The van der Waals surface area contributed by atoms with E-state index in [1.165, 1.54) is 11.8 Å². The molecule has 0 fully saturated rings.